The predicted molar refractivity (Wildman–Crippen MR) is 61.8 cm³/mol. The first-order chi connectivity index (χ1) is 6.84. The number of rotatable bonds is 1. The molecule has 0 aliphatic heterocycles. The van der Waals surface area contributed by atoms with E-state index in [1.807, 2.05) is 7.05 Å². The van der Waals surface area contributed by atoms with Crippen molar-refractivity contribution in [1.29, 1.82) is 0 Å². The maximum Gasteiger partial charge on any atom is 0.0221 e. The van der Waals surface area contributed by atoms with Crippen LogP contribution < -0.4 is 5.32 Å². The number of nitrogens with one attached hydrogen (secondary N) is 1. The average molecular weight is 193 g/mol. The second kappa shape index (κ2) is 6.76. The molecule has 80 valence electrons. The van der Waals surface area contributed by atoms with Gasteiger partial charge in [-0.3, -0.25) is 0 Å². The Morgan fingerprint density at radius 1 is 1.07 bits per heavy atom. The summed E-state index contributed by atoms with van der Waals surface area (Å²) in [5.41, 5.74) is 0. The quantitative estimate of drug-likeness (QED) is 0.498. The molecule has 1 N–H and O–H groups in total. The molecule has 0 saturated heterocycles. The lowest BCUT2D eigenvalue weighted by atomic mass is 9.83. The van der Waals surface area contributed by atoms with Crippen molar-refractivity contribution in [2.24, 2.45) is 11.8 Å². The highest BCUT2D eigenvalue weighted by Gasteiger charge is 2.16. The van der Waals surface area contributed by atoms with Crippen LogP contribution in [-0.4, -0.2) is 7.05 Å². The summed E-state index contributed by atoms with van der Waals surface area (Å²) in [4.78, 5) is 0. The Morgan fingerprint density at radius 3 is 2.21 bits per heavy atom. The van der Waals surface area contributed by atoms with E-state index in [1.54, 1.807) is 0 Å². The fraction of sp³-hybridized carbons (Fsp3) is 0.846. The number of hydrogen-bond donors (Lipinski definition) is 1. The van der Waals surface area contributed by atoms with Crippen molar-refractivity contribution in [1.82, 2.24) is 5.32 Å². The molecule has 1 atom stereocenters. The lowest BCUT2D eigenvalue weighted by Gasteiger charge is -2.22. The van der Waals surface area contributed by atoms with Crippen LogP contribution in [0.15, 0.2) is 0 Å². The third-order valence-corrected chi connectivity index (χ3v) is 3.28. The second-order valence-electron chi connectivity index (χ2n) is 4.41. The van der Waals surface area contributed by atoms with Gasteiger partial charge in [0.15, 0.2) is 0 Å². The SMILES string of the molecule is CNC#CC(C)C1CCCCCCC1. The van der Waals surface area contributed by atoms with E-state index in [0.29, 0.717) is 5.92 Å². The van der Waals surface area contributed by atoms with Gasteiger partial charge in [0.1, 0.15) is 0 Å². The first-order valence-electron chi connectivity index (χ1n) is 6.02. The summed E-state index contributed by atoms with van der Waals surface area (Å²) in [7, 11) is 1.89. The van der Waals surface area contributed by atoms with Crippen molar-refractivity contribution >= 4 is 0 Å². The smallest absolute Gasteiger partial charge is 0.0221 e. The maximum absolute atomic E-state index is 3.29. The molecular weight excluding hydrogens is 170 g/mol. The van der Waals surface area contributed by atoms with Gasteiger partial charge in [0.05, 0.1) is 0 Å². The van der Waals surface area contributed by atoms with Crippen LogP contribution in [0.3, 0.4) is 0 Å². The molecule has 0 bridgehead atoms. The van der Waals surface area contributed by atoms with Crippen LogP contribution in [0.5, 0.6) is 0 Å². The zero-order valence-electron chi connectivity index (χ0n) is 9.60. The van der Waals surface area contributed by atoms with Gasteiger partial charge in [-0.25, -0.2) is 0 Å². The van der Waals surface area contributed by atoms with E-state index in [-0.39, 0.29) is 0 Å². The fourth-order valence-corrected chi connectivity index (χ4v) is 2.29. The van der Waals surface area contributed by atoms with Crippen molar-refractivity contribution in [2.45, 2.75) is 51.9 Å². The summed E-state index contributed by atoms with van der Waals surface area (Å²) in [5, 5.41) is 2.90. The van der Waals surface area contributed by atoms with Crippen LogP contribution in [0.25, 0.3) is 0 Å². The fourth-order valence-electron chi connectivity index (χ4n) is 2.29. The molecular formula is C13H23N. The first-order valence-corrected chi connectivity index (χ1v) is 6.02. The monoisotopic (exact) mass is 193 g/mol. The van der Waals surface area contributed by atoms with Crippen molar-refractivity contribution in [3.8, 4) is 12.0 Å². The summed E-state index contributed by atoms with van der Waals surface area (Å²) >= 11 is 0. The normalized spacial score (nSPS) is 21.3. The van der Waals surface area contributed by atoms with E-state index in [2.05, 4.69) is 24.2 Å². The molecule has 1 aliphatic carbocycles. The topological polar surface area (TPSA) is 12.0 Å². The highest BCUT2D eigenvalue weighted by Crippen LogP contribution is 2.27. The summed E-state index contributed by atoms with van der Waals surface area (Å²) in [6.07, 6.45) is 9.92. The molecule has 1 saturated carbocycles. The third kappa shape index (κ3) is 4.05. The maximum atomic E-state index is 3.29. The molecule has 0 amide bonds. The predicted octanol–water partition coefficient (Wildman–Crippen LogP) is 3.16. The minimum atomic E-state index is 0.570. The van der Waals surface area contributed by atoms with Crippen molar-refractivity contribution in [3.63, 3.8) is 0 Å². The molecule has 1 fully saturated rings. The average Bonchev–Trinajstić information content (AvgIpc) is 2.13. The van der Waals surface area contributed by atoms with E-state index in [1.165, 1.54) is 44.9 Å². The van der Waals surface area contributed by atoms with Gasteiger partial charge in [0.2, 0.25) is 0 Å². The Morgan fingerprint density at radius 2 is 1.64 bits per heavy atom. The lowest BCUT2D eigenvalue weighted by molar-refractivity contribution is 0.326. The highest BCUT2D eigenvalue weighted by molar-refractivity contribution is 5.01. The zero-order chi connectivity index (χ0) is 10.2. The van der Waals surface area contributed by atoms with Gasteiger partial charge in [-0.1, -0.05) is 44.9 Å². The summed E-state index contributed by atoms with van der Waals surface area (Å²) in [6, 6.07) is 2.98. The first kappa shape index (κ1) is 11.4. The summed E-state index contributed by atoms with van der Waals surface area (Å²) in [6.45, 7) is 2.27. The molecule has 0 spiro atoms. The molecule has 1 rings (SSSR count). The minimum absolute atomic E-state index is 0.570. The van der Waals surface area contributed by atoms with Crippen LogP contribution in [0.1, 0.15) is 51.9 Å². The Balaban J connectivity index is 2.38. The van der Waals surface area contributed by atoms with Gasteiger partial charge in [0, 0.05) is 19.0 Å². The second-order valence-corrected chi connectivity index (χ2v) is 4.41. The largest absolute Gasteiger partial charge is 0.349 e. The van der Waals surface area contributed by atoms with Gasteiger partial charge >= 0.3 is 0 Å². The Hall–Kier alpha value is -0.640. The van der Waals surface area contributed by atoms with Crippen LogP contribution >= 0.6 is 0 Å². The van der Waals surface area contributed by atoms with Crippen LogP contribution in [0.2, 0.25) is 0 Å². The molecule has 1 unspecified atom stereocenters. The van der Waals surface area contributed by atoms with E-state index >= 15 is 0 Å². The van der Waals surface area contributed by atoms with E-state index in [4.69, 9.17) is 0 Å². The van der Waals surface area contributed by atoms with Crippen LogP contribution in [-0.2, 0) is 0 Å². The molecule has 0 heterocycles. The van der Waals surface area contributed by atoms with Gasteiger partial charge in [-0.15, -0.1) is 0 Å². The lowest BCUT2D eigenvalue weighted by Crippen LogP contribution is -2.12. The standard InChI is InChI=1S/C13H23N/c1-12(10-11-14-2)13-8-6-4-3-5-7-9-13/h12-14H,3-9H2,1-2H3. The molecule has 0 aromatic rings. The van der Waals surface area contributed by atoms with Gasteiger partial charge in [-0.2, -0.15) is 0 Å². The minimum Gasteiger partial charge on any atom is -0.349 e. The zero-order valence-corrected chi connectivity index (χ0v) is 9.60. The van der Waals surface area contributed by atoms with Gasteiger partial charge in [0.25, 0.3) is 0 Å². The highest BCUT2D eigenvalue weighted by atomic mass is 14.8. The Labute approximate surface area is 88.7 Å². The molecule has 1 nitrogen and oxygen atoms in total. The molecule has 14 heavy (non-hydrogen) atoms. The van der Waals surface area contributed by atoms with Gasteiger partial charge < -0.3 is 5.32 Å². The van der Waals surface area contributed by atoms with E-state index < -0.39 is 0 Å². The molecule has 0 radical (unpaired) electrons. The van der Waals surface area contributed by atoms with Gasteiger partial charge in [-0.05, 0) is 18.8 Å². The van der Waals surface area contributed by atoms with E-state index in [0.717, 1.165) is 5.92 Å². The van der Waals surface area contributed by atoms with Crippen LogP contribution in [0, 0.1) is 23.8 Å². The summed E-state index contributed by atoms with van der Waals surface area (Å²) in [5.74, 6) is 4.70. The third-order valence-electron chi connectivity index (χ3n) is 3.28. The Kier molecular flexibility index (Phi) is 5.52. The number of hydrogen-bond acceptors (Lipinski definition) is 1. The molecule has 1 aliphatic rings. The van der Waals surface area contributed by atoms with Crippen molar-refractivity contribution in [2.75, 3.05) is 7.05 Å². The molecule has 0 aromatic heterocycles. The van der Waals surface area contributed by atoms with Crippen molar-refractivity contribution in [3.05, 3.63) is 0 Å². The Bertz CT molecular complexity index is 191. The van der Waals surface area contributed by atoms with Crippen LogP contribution in [0.4, 0.5) is 0 Å². The molecule has 1 heteroatoms. The molecule has 0 aromatic carbocycles. The van der Waals surface area contributed by atoms with Crippen molar-refractivity contribution < 1.29 is 0 Å². The summed E-state index contributed by atoms with van der Waals surface area (Å²) < 4.78 is 0. The van der Waals surface area contributed by atoms with E-state index in [9.17, 15) is 0 Å².